The third kappa shape index (κ3) is 4.24. The predicted molar refractivity (Wildman–Crippen MR) is 140 cm³/mol. The Hall–Kier alpha value is -3.49. The van der Waals surface area contributed by atoms with E-state index < -0.39 is 17.7 Å². The van der Waals surface area contributed by atoms with E-state index in [0.29, 0.717) is 27.9 Å². The predicted octanol–water partition coefficient (Wildman–Crippen LogP) is 6.49. The van der Waals surface area contributed by atoms with E-state index in [1.54, 1.807) is 17.5 Å². The molecular formula is C27H24N2O4S2. The molecule has 1 aliphatic rings. The second-order valence-electron chi connectivity index (χ2n) is 8.22. The van der Waals surface area contributed by atoms with E-state index in [1.165, 1.54) is 33.1 Å². The van der Waals surface area contributed by atoms with Crippen LogP contribution in [0.1, 0.15) is 47.1 Å². The zero-order valence-electron chi connectivity index (χ0n) is 19.4. The van der Waals surface area contributed by atoms with Crippen LogP contribution < -0.4 is 9.64 Å². The van der Waals surface area contributed by atoms with Crippen molar-refractivity contribution < 1.29 is 19.4 Å². The Labute approximate surface area is 211 Å². The van der Waals surface area contributed by atoms with Crippen molar-refractivity contribution in [3.63, 3.8) is 0 Å². The first-order chi connectivity index (χ1) is 17.0. The average molecular weight is 505 g/mol. The Bertz CT molecular complexity index is 1440. The lowest BCUT2D eigenvalue weighted by Crippen LogP contribution is -2.30. The van der Waals surface area contributed by atoms with E-state index in [4.69, 9.17) is 9.72 Å². The van der Waals surface area contributed by atoms with E-state index in [-0.39, 0.29) is 11.4 Å². The summed E-state index contributed by atoms with van der Waals surface area (Å²) in [5, 5.41) is 13.2. The van der Waals surface area contributed by atoms with Gasteiger partial charge in [0.05, 0.1) is 33.3 Å². The van der Waals surface area contributed by atoms with Crippen LogP contribution in [-0.4, -0.2) is 28.4 Å². The fourth-order valence-electron chi connectivity index (χ4n) is 4.16. The maximum Gasteiger partial charge on any atom is 0.296 e. The number of thiophene rings is 1. The van der Waals surface area contributed by atoms with Crippen molar-refractivity contribution in [2.24, 2.45) is 0 Å². The minimum atomic E-state index is -0.825. The molecule has 0 unspecified atom stereocenters. The summed E-state index contributed by atoms with van der Waals surface area (Å²) in [7, 11) is 0. The number of carbonyl (C=O) groups excluding carboxylic acids is 2. The Balaban J connectivity index is 1.65. The summed E-state index contributed by atoms with van der Waals surface area (Å²) in [5.41, 5.74) is 2.67. The number of fused-ring (bicyclic) bond motifs is 1. The van der Waals surface area contributed by atoms with Gasteiger partial charge in [0, 0.05) is 0 Å². The van der Waals surface area contributed by atoms with Gasteiger partial charge in [-0.3, -0.25) is 14.5 Å². The number of aliphatic hydroxyl groups is 1. The van der Waals surface area contributed by atoms with Crippen molar-refractivity contribution in [2.45, 2.75) is 32.7 Å². The van der Waals surface area contributed by atoms with Gasteiger partial charge in [-0.2, -0.15) is 0 Å². The van der Waals surface area contributed by atoms with Gasteiger partial charge in [0.25, 0.3) is 5.91 Å². The molecule has 1 aliphatic heterocycles. The van der Waals surface area contributed by atoms with E-state index >= 15 is 0 Å². The second-order valence-corrected chi connectivity index (χ2v) is 10.2. The SMILES string of the molecule is CCCOc1cccc([C@H]2C(C(=O)c3cccs3)=C(O)C(=O)N2c2nc3ccc(CC)cc3s2)c1. The number of amides is 1. The molecule has 1 atom stereocenters. The zero-order chi connectivity index (χ0) is 24.5. The van der Waals surface area contributed by atoms with Crippen molar-refractivity contribution in [3.05, 3.63) is 87.3 Å². The summed E-state index contributed by atoms with van der Waals surface area (Å²) in [4.78, 5) is 33.5. The van der Waals surface area contributed by atoms with Crippen molar-refractivity contribution in [2.75, 3.05) is 11.5 Å². The largest absolute Gasteiger partial charge is 0.503 e. The molecule has 35 heavy (non-hydrogen) atoms. The van der Waals surface area contributed by atoms with E-state index in [0.717, 1.165) is 23.1 Å². The Morgan fingerprint density at radius 3 is 2.74 bits per heavy atom. The monoisotopic (exact) mass is 504 g/mol. The number of aliphatic hydroxyl groups excluding tert-OH is 1. The quantitative estimate of drug-likeness (QED) is 0.277. The number of aryl methyl sites for hydroxylation is 1. The number of hydrogen-bond donors (Lipinski definition) is 1. The highest BCUT2D eigenvalue weighted by Gasteiger charge is 2.46. The van der Waals surface area contributed by atoms with Gasteiger partial charge in [0.1, 0.15) is 5.75 Å². The molecule has 0 radical (unpaired) electrons. The van der Waals surface area contributed by atoms with Crippen molar-refractivity contribution in [1.29, 1.82) is 0 Å². The summed E-state index contributed by atoms with van der Waals surface area (Å²) < 4.78 is 6.76. The molecule has 1 N–H and O–H groups in total. The fourth-order valence-corrected chi connectivity index (χ4v) is 5.90. The van der Waals surface area contributed by atoms with Gasteiger partial charge in [-0.25, -0.2) is 4.98 Å². The molecule has 0 bridgehead atoms. The topological polar surface area (TPSA) is 79.7 Å². The molecule has 6 nitrogen and oxygen atoms in total. The Kier molecular flexibility index (Phi) is 6.40. The van der Waals surface area contributed by atoms with Crippen LogP contribution in [0, 0.1) is 0 Å². The van der Waals surface area contributed by atoms with Gasteiger partial charge in [-0.15, -0.1) is 11.3 Å². The number of thiazole rings is 1. The van der Waals surface area contributed by atoms with Gasteiger partial charge in [-0.05, 0) is 59.7 Å². The van der Waals surface area contributed by atoms with Gasteiger partial charge >= 0.3 is 0 Å². The number of aromatic nitrogens is 1. The molecule has 1 amide bonds. The number of nitrogens with zero attached hydrogens (tertiary/aromatic N) is 2. The van der Waals surface area contributed by atoms with Crippen LogP contribution in [0.3, 0.4) is 0 Å². The molecule has 2 aromatic carbocycles. The first kappa shape index (κ1) is 23.3. The number of ether oxygens (including phenoxy) is 1. The summed E-state index contributed by atoms with van der Waals surface area (Å²) in [6.07, 6.45) is 1.74. The molecule has 3 heterocycles. The van der Waals surface area contributed by atoms with Gasteiger partial charge in [0.2, 0.25) is 5.78 Å². The first-order valence-electron chi connectivity index (χ1n) is 11.5. The maximum atomic E-state index is 13.5. The molecule has 2 aromatic heterocycles. The van der Waals surface area contributed by atoms with Crippen LogP contribution >= 0.6 is 22.7 Å². The van der Waals surface area contributed by atoms with E-state index in [2.05, 4.69) is 13.0 Å². The van der Waals surface area contributed by atoms with Crippen LogP contribution in [0.15, 0.2) is 71.3 Å². The molecule has 5 rings (SSSR count). The van der Waals surface area contributed by atoms with Crippen LogP contribution in [0.25, 0.3) is 10.2 Å². The number of anilines is 1. The molecule has 0 saturated carbocycles. The number of hydrogen-bond acceptors (Lipinski definition) is 7. The number of rotatable bonds is 8. The van der Waals surface area contributed by atoms with Crippen molar-refractivity contribution in [1.82, 2.24) is 4.98 Å². The molecule has 178 valence electrons. The normalized spacial score (nSPS) is 15.9. The first-order valence-corrected chi connectivity index (χ1v) is 13.2. The van der Waals surface area contributed by atoms with Crippen LogP contribution in [0.2, 0.25) is 0 Å². The Morgan fingerprint density at radius 2 is 2.00 bits per heavy atom. The minimum absolute atomic E-state index is 0.0543. The smallest absolute Gasteiger partial charge is 0.296 e. The lowest BCUT2D eigenvalue weighted by atomic mass is 9.95. The average Bonchev–Trinajstić information content (AvgIpc) is 3.61. The lowest BCUT2D eigenvalue weighted by molar-refractivity contribution is -0.117. The molecule has 0 fully saturated rings. The van der Waals surface area contributed by atoms with Gasteiger partial charge < -0.3 is 9.84 Å². The highest BCUT2D eigenvalue weighted by molar-refractivity contribution is 7.22. The van der Waals surface area contributed by atoms with Crippen molar-refractivity contribution >= 4 is 49.7 Å². The summed E-state index contributed by atoms with van der Waals surface area (Å²) in [6, 6.07) is 16.0. The zero-order valence-corrected chi connectivity index (χ0v) is 21.0. The highest BCUT2D eigenvalue weighted by Crippen LogP contribution is 2.45. The molecule has 0 saturated heterocycles. The molecule has 4 aromatic rings. The Morgan fingerprint density at radius 1 is 1.14 bits per heavy atom. The molecular weight excluding hydrogens is 480 g/mol. The lowest BCUT2D eigenvalue weighted by Gasteiger charge is -2.24. The minimum Gasteiger partial charge on any atom is -0.503 e. The fraction of sp³-hybridized carbons (Fsp3) is 0.222. The molecule has 0 aliphatic carbocycles. The standard InChI is InChI=1S/C27H24N2O4S2/c1-3-12-33-18-8-5-7-17(15-18)23-22(24(30)20-9-6-13-34-20)25(31)26(32)29(23)27-28-19-11-10-16(4-2)14-21(19)35-27/h5-11,13-15,23,31H,3-4,12H2,1-2H3/t23-/m0/s1. The number of benzene rings is 2. The van der Waals surface area contributed by atoms with Gasteiger partial charge in [-0.1, -0.05) is 49.4 Å². The molecule has 0 spiro atoms. The third-order valence-corrected chi connectivity index (χ3v) is 7.79. The second kappa shape index (κ2) is 9.64. The highest BCUT2D eigenvalue weighted by atomic mass is 32.1. The maximum absolute atomic E-state index is 13.5. The number of carbonyl (C=O) groups is 2. The third-order valence-electron chi connectivity index (χ3n) is 5.90. The van der Waals surface area contributed by atoms with E-state index in [1.807, 2.05) is 43.3 Å². The van der Waals surface area contributed by atoms with Crippen LogP contribution in [0.5, 0.6) is 5.75 Å². The molecule has 8 heteroatoms. The van der Waals surface area contributed by atoms with Crippen LogP contribution in [0.4, 0.5) is 5.13 Å². The number of Topliss-reactive ketones (excluding diaryl/α,β-unsaturated/α-hetero) is 1. The van der Waals surface area contributed by atoms with E-state index in [9.17, 15) is 14.7 Å². The van der Waals surface area contributed by atoms with Crippen LogP contribution in [-0.2, 0) is 11.2 Å². The summed E-state index contributed by atoms with van der Waals surface area (Å²) in [5.74, 6) is -0.901. The van der Waals surface area contributed by atoms with Crippen molar-refractivity contribution in [3.8, 4) is 5.75 Å². The number of ketones is 1. The summed E-state index contributed by atoms with van der Waals surface area (Å²) in [6.45, 7) is 4.66. The van der Waals surface area contributed by atoms with Gasteiger partial charge in [0.15, 0.2) is 10.9 Å². The summed E-state index contributed by atoms with van der Waals surface area (Å²) >= 11 is 2.65.